The van der Waals surface area contributed by atoms with E-state index in [0.29, 0.717) is 11.6 Å². The summed E-state index contributed by atoms with van der Waals surface area (Å²) in [5, 5.41) is 4.90. The van der Waals surface area contributed by atoms with Gasteiger partial charge in [-0.1, -0.05) is 17.7 Å². The standard InChI is InChI=1S/C21H23ClN4O2/c22-16-3-1-4-17(13-16)25-21-19-14-18(5-6-20(19)23-15-24-21)28-10-2-7-26-8-11-27-12-9-26/h1,3-6,13-15H,2,7-12H2,(H,23,24,25). The zero-order chi connectivity index (χ0) is 19.2. The highest BCUT2D eigenvalue weighted by atomic mass is 35.5. The lowest BCUT2D eigenvalue weighted by Crippen LogP contribution is -2.37. The van der Waals surface area contributed by atoms with Crippen LogP contribution in [0.25, 0.3) is 10.9 Å². The maximum absolute atomic E-state index is 6.08. The summed E-state index contributed by atoms with van der Waals surface area (Å²) in [5.41, 5.74) is 1.74. The van der Waals surface area contributed by atoms with Crippen molar-refractivity contribution in [2.75, 3.05) is 44.8 Å². The predicted octanol–water partition coefficient (Wildman–Crippen LogP) is 4.13. The zero-order valence-electron chi connectivity index (χ0n) is 15.6. The van der Waals surface area contributed by atoms with Crippen LogP contribution in [-0.4, -0.2) is 54.3 Å². The van der Waals surface area contributed by atoms with Gasteiger partial charge < -0.3 is 14.8 Å². The fourth-order valence-electron chi connectivity index (χ4n) is 3.23. The Morgan fingerprint density at radius 2 is 2.00 bits per heavy atom. The van der Waals surface area contributed by atoms with Gasteiger partial charge in [-0.05, 0) is 42.8 Å². The van der Waals surface area contributed by atoms with E-state index in [4.69, 9.17) is 21.1 Å². The van der Waals surface area contributed by atoms with Crippen molar-refractivity contribution in [3.8, 4) is 5.75 Å². The number of hydrogen-bond acceptors (Lipinski definition) is 6. The van der Waals surface area contributed by atoms with E-state index in [0.717, 1.165) is 67.4 Å². The Balaban J connectivity index is 1.42. The van der Waals surface area contributed by atoms with Crippen LogP contribution in [0.1, 0.15) is 6.42 Å². The number of ether oxygens (including phenoxy) is 2. The summed E-state index contributed by atoms with van der Waals surface area (Å²) in [4.78, 5) is 11.2. The molecule has 28 heavy (non-hydrogen) atoms. The van der Waals surface area contributed by atoms with Crippen molar-refractivity contribution in [2.45, 2.75) is 6.42 Å². The van der Waals surface area contributed by atoms with Crippen LogP contribution in [0, 0.1) is 0 Å². The van der Waals surface area contributed by atoms with Crippen LogP contribution in [0.15, 0.2) is 48.8 Å². The van der Waals surface area contributed by atoms with Gasteiger partial charge in [-0.3, -0.25) is 4.90 Å². The summed E-state index contributed by atoms with van der Waals surface area (Å²) < 4.78 is 11.3. The minimum Gasteiger partial charge on any atom is -0.494 e. The Labute approximate surface area is 169 Å². The lowest BCUT2D eigenvalue weighted by molar-refractivity contribution is 0.0358. The molecule has 6 nitrogen and oxygen atoms in total. The second kappa shape index (κ2) is 9.19. The fourth-order valence-corrected chi connectivity index (χ4v) is 3.42. The van der Waals surface area contributed by atoms with Gasteiger partial charge in [0.15, 0.2) is 0 Å². The van der Waals surface area contributed by atoms with E-state index in [2.05, 4.69) is 20.2 Å². The van der Waals surface area contributed by atoms with Crippen LogP contribution >= 0.6 is 11.6 Å². The molecule has 0 radical (unpaired) electrons. The first-order chi connectivity index (χ1) is 13.8. The van der Waals surface area contributed by atoms with Crippen molar-refractivity contribution in [3.05, 3.63) is 53.8 Å². The minimum absolute atomic E-state index is 0.674. The third kappa shape index (κ3) is 4.90. The summed E-state index contributed by atoms with van der Waals surface area (Å²) in [6.45, 7) is 5.37. The molecule has 2 heterocycles. The molecule has 3 aromatic rings. The maximum atomic E-state index is 6.08. The molecule has 1 N–H and O–H groups in total. The molecule has 1 aliphatic rings. The van der Waals surface area contributed by atoms with Crippen molar-refractivity contribution in [1.82, 2.24) is 14.9 Å². The van der Waals surface area contributed by atoms with Crippen LogP contribution in [-0.2, 0) is 4.74 Å². The number of nitrogens with zero attached hydrogens (tertiary/aromatic N) is 3. The number of aromatic nitrogens is 2. The molecule has 4 rings (SSSR count). The third-order valence-electron chi connectivity index (χ3n) is 4.69. The number of halogens is 1. The van der Waals surface area contributed by atoms with Gasteiger partial charge in [-0.15, -0.1) is 0 Å². The lowest BCUT2D eigenvalue weighted by Gasteiger charge is -2.26. The molecule has 0 unspecified atom stereocenters. The molecule has 7 heteroatoms. The fraction of sp³-hybridized carbons (Fsp3) is 0.333. The number of morpholine rings is 1. The molecule has 0 aliphatic carbocycles. The Bertz CT molecular complexity index is 931. The van der Waals surface area contributed by atoms with Gasteiger partial charge in [0.2, 0.25) is 0 Å². The van der Waals surface area contributed by atoms with Gasteiger partial charge in [0.25, 0.3) is 0 Å². The third-order valence-corrected chi connectivity index (χ3v) is 4.92. The Morgan fingerprint density at radius 1 is 1.11 bits per heavy atom. The zero-order valence-corrected chi connectivity index (χ0v) is 16.4. The highest BCUT2D eigenvalue weighted by Gasteiger charge is 2.10. The highest BCUT2D eigenvalue weighted by Crippen LogP contribution is 2.27. The Kier molecular flexibility index (Phi) is 6.21. The number of anilines is 2. The number of hydrogen-bond donors (Lipinski definition) is 1. The molecule has 1 aromatic heterocycles. The average molecular weight is 399 g/mol. The van der Waals surface area contributed by atoms with E-state index in [1.165, 1.54) is 0 Å². The van der Waals surface area contributed by atoms with Crippen LogP contribution in [0.4, 0.5) is 11.5 Å². The minimum atomic E-state index is 0.674. The second-order valence-corrected chi connectivity index (χ2v) is 7.13. The Morgan fingerprint density at radius 3 is 2.86 bits per heavy atom. The average Bonchev–Trinajstić information content (AvgIpc) is 2.72. The summed E-state index contributed by atoms with van der Waals surface area (Å²) in [6.07, 6.45) is 2.54. The first-order valence-corrected chi connectivity index (χ1v) is 9.86. The maximum Gasteiger partial charge on any atom is 0.141 e. The van der Waals surface area contributed by atoms with Crippen LogP contribution in [0.3, 0.4) is 0 Å². The molecule has 146 valence electrons. The summed E-state index contributed by atoms with van der Waals surface area (Å²) in [5.74, 6) is 1.55. The summed E-state index contributed by atoms with van der Waals surface area (Å²) in [6, 6.07) is 13.4. The quantitative estimate of drug-likeness (QED) is 0.604. The van der Waals surface area contributed by atoms with Gasteiger partial charge >= 0.3 is 0 Å². The van der Waals surface area contributed by atoms with E-state index in [1.807, 2.05) is 42.5 Å². The summed E-state index contributed by atoms with van der Waals surface area (Å²) in [7, 11) is 0. The molecule has 2 aromatic carbocycles. The molecular formula is C21H23ClN4O2. The van der Waals surface area contributed by atoms with E-state index in [1.54, 1.807) is 6.33 Å². The van der Waals surface area contributed by atoms with E-state index >= 15 is 0 Å². The molecule has 0 amide bonds. The molecule has 1 saturated heterocycles. The van der Waals surface area contributed by atoms with Crippen LogP contribution in [0.2, 0.25) is 5.02 Å². The first-order valence-electron chi connectivity index (χ1n) is 9.48. The van der Waals surface area contributed by atoms with Crippen molar-refractivity contribution in [1.29, 1.82) is 0 Å². The number of nitrogens with one attached hydrogen (secondary N) is 1. The largest absolute Gasteiger partial charge is 0.494 e. The Hall–Kier alpha value is -2.41. The van der Waals surface area contributed by atoms with Crippen molar-refractivity contribution < 1.29 is 9.47 Å². The lowest BCUT2D eigenvalue weighted by atomic mass is 10.2. The number of rotatable bonds is 7. The van der Waals surface area contributed by atoms with Gasteiger partial charge in [0, 0.05) is 35.7 Å². The highest BCUT2D eigenvalue weighted by molar-refractivity contribution is 6.30. The monoisotopic (exact) mass is 398 g/mol. The van der Waals surface area contributed by atoms with Crippen molar-refractivity contribution in [2.24, 2.45) is 0 Å². The topological polar surface area (TPSA) is 59.5 Å². The normalized spacial score (nSPS) is 14.9. The van der Waals surface area contributed by atoms with Crippen LogP contribution < -0.4 is 10.1 Å². The SMILES string of the molecule is Clc1cccc(Nc2ncnc3ccc(OCCCN4CCOCC4)cc23)c1. The van der Waals surface area contributed by atoms with Gasteiger partial charge in [-0.25, -0.2) is 9.97 Å². The first kappa shape index (κ1) is 18.9. The smallest absolute Gasteiger partial charge is 0.141 e. The number of benzene rings is 2. The van der Waals surface area contributed by atoms with Gasteiger partial charge in [-0.2, -0.15) is 0 Å². The second-order valence-electron chi connectivity index (χ2n) is 6.69. The molecule has 0 spiro atoms. The number of fused-ring (bicyclic) bond motifs is 1. The van der Waals surface area contributed by atoms with Crippen molar-refractivity contribution >= 4 is 34.0 Å². The van der Waals surface area contributed by atoms with Crippen LogP contribution in [0.5, 0.6) is 5.75 Å². The molecular weight excluding hydrogens is 376 g/mol. The van der Waals surface area contributed by atoms with Crippen molar-refractivity contribution in [3.63, 3.8) is 0 Å². The molecule has 0 saturated carbocycles. The van der Waals surface area contributed by atoms with E-state index < -0.39 is 0 Å². The molecule has 0 atom stereocenters. The molecule has 0 bridgehead atoms. The predicted molar refractivity (Wildman–Crippen MR) is 112 cm³/mol. The summed E-state index contributed by atoms with van der Waals surface area (Å²) >= 11 is 6.08. The van der Waals surface area contributed by atoms with E-state index in [-0.39, 0.29) is 0 Å². The molecule has 1 aliphatic heterocycles. The van der Waals surface area contributed by atoms with E-state index in [9.17, 15) is 0 Å². The van der Waals surface area contributed by atoms with Gasteiger partial charge in [0.05, 0.1) is 25.3 Å². The molecule has 1 fully saturated rings. The van der Waals surface area contributed by atoms with Gasteiger partial charge in [0.1, 0.15) is 17.9 Å².